The minimum absolute atomic E-state index is 0. The molecule has 1 aromatic carbocycles. The Morgan fingerprint density at radius 2 is 2.17 bits per heavy atom. The van der Waals surface area contributed by atoms with Crippen molar-refractivity contribution in [2.45, 2.75) is 38.9 Å². The zero-order valence-corrected chi connectivity index (χ0v) is 16.2. The van der Waals surface area contributed by atoms with Crippen LogP contribution in [0.5, 0.6) is 5.75 Å². The maximum atomic E-state index is 5.77. The molecule has 1 aromatic heterocycles. The lowest BCUT2D eigenvalue weighted by atomic mass is 10.2. The molecule has 0 spiro atoms. The Balaban J connectivity index is 0.00000192. The molecule has 0 aliphatic heterocycles. The lowest BCUT2D eigenvalue weighted by Crippen LogP contribution is -2.25. The normalized spacial score (nSPS) is 13.9. The largest absolute Gasteiger partial charge is 0.494 e. The highest BCUT2D eigenvalue weighted by Gasteiger charge is 2.30. The fourth-order valence-electron chi connectivity index (χ4n) is 2.54. The van der Waals surface area contributed by atoms with Crippen molar-refractivity contribution >= 4 is 44.8 Å². The van der Waals surface area contributed by atoms with Gasteiger partial charge in [0.1, 0.15) is 5.75 Å². The molecule has 126 valence electrons. The molecule has 1 fully saturated rings. The summed E-state index contributed by atoms with van der Waals surface area (Å²) in [5.74, 6) is 0.972. The van der Waals surface area contributed by atoms with E-state index in [0.717, 1.165) is 23.3 Å². The first kappa shape index (κ1) is 18.5. The molecule has 0 bridgehead atoms. The van der Waals surface area contributed by atoms with Crippen LogP contribution in [-0.4, -0.2) is 22.5 Å². The molecule has 1 aliphatic rings. The van der Waals surface area contributed by atoms with Gasteiger partial charge < -0.3 is 10.5 Å². The van der Waals surface area contributed by atoms with Gasteiger partial charge in [-0.1, -0.05) is 15.9 Å². The van der Waals surface area contributed by atoms with Crippen molar-refractivity contribution in [3.05, 3.63) is 39.3 Å². The highest BCUT2D eigenvalue weighted by Crippen LogP contribution is 2.33. The van der Waals surface area contributed by atoms with Crippen LogP contribution in [0.2, 0.25) is 0 Å². The number of hydrogen-bond acceptors (Lipinski definition) is 5. The summed E-state index contributed by atoms with van der Waals surface area (Å²) in [6.45, 7) is 4.49. The van der Waals surface area contributed by atoms with Crippen molar-refractivity contribution in [2.75, 3.05) is 12.3 Å². The van der Waals surface area contributed by atoms with Crippen molar-refractivity contribution in [2.24, 2.45) is 0 Å². The molecule has 0 unspecified atom stereocenters. The molecule has 23 heavy (non-hydrogen) atoms. The second-order valence-corrected chi connectivity index (χ2v) is 7.55. The van der Waals surface area contributed by atoms with Crippen LogP contribution >= 0.6 is 39.7 Å². The number of nitrogens with zero attached hydrogens (tertiary/aromatic N) is 2. The molecule has 1 saturated carbocycles. The number of hydrogen-bond donors (Lipinski definition) is 1. The van der Waals surface area contributed by atoms with Crippen molar-refractivity contribution in [1.82, 2.24) is 9.88 Å². The summed E-state index contributed by atoms with van der Waals surface area (Å²) < 4.78 is 6.86. The maximum Gasteiger partial charge on any atom is 0.180 e. The Morgan fingerprint density at radius 3 is 2.78 bits per heavy atom. The lowest BCUT2D eigenvalue weighted by molar-refractivity contribution is 0.241. The van der Waals surface area contributed by atoms with Crippen molar-refractivity contribution in [1.29, 1.82) is 0 Å². The van der Waals surface area contributed by atoms with Gasteiger partial charge in [0.05, 0.1) is 6.61 Å². The van der Waals surface area contributed by atoms with Crippen LogP contribution in [0, 0.1) is 0 Å². The summed E-state index contributed by atoms with van der Waals surface area (Å²) in [7, 11) is 0. The predicted octanol–water partition coefficient (Wildman–Crippen LogP) is 4.47. The first-order valence-electron chi connectivity index (χ1n) is 7.51. The van der Waals surface area contributed by atoms with E-state index in [9.17, 15) is 0 Å². The number of thiazole rings is 1. The van der Waals surface area contributed by atoms with E-state index in [1.165, 1.54) is 23.3 Å². The standard InChI is InChI=1S/C16H20BrN3OS.ClH/c1-2-21-15-6-3-12(17)7-11(15)9-20(13-4-5-13)10-14-8-19-16(18)22-14;/h3,6-8,13H,2,4-5,9-10H2,1H3,(H2,18,19);1H. The summed E-state index contributed by atoms with van der Waals surface area (Å²) in [6, 6.07) is 6.89. The molecule has 0 amide bonds. The highest BCUT2D eigenvalue weighted by atomic mass is 79.9. The topological polar surface area (TPSA) is 51.4 Å². The van der Waals surface area contributed by atoms with Gasteiger partial charge in [-0.15, -0.1) is 23.7 Å². The maximum absolute atomic E-state index is 5.77. The van der Waals surface area contributed by atoms with Crippen LogP contribution in [-0.2, 0) is 13.1 Å². The fourth-order valence-corrected chi connectivity index (χ4v) is 3.65. The Kier molecular flexibility index (Phi) is 6.71. The Morgan fingerprint density at radius 1 is 1.39 bits per heavy atom. The summed E-state index contributed by atoms with van der Waals surface area (Å²) >= 11 is 5.14. The van der Waals surface area contributed by atoms with E-state index in [0.29, 0.717) is 17.8 Å². The van der Waals surface area contributed by atoms with Gasteiger partial charge in [-0.25, -0.2) is 4.98 Å². The van der Waals surface area contributed by atoms with E-state index < -0.39 is 0 Å². The van der Waals surface area contributed by atoms with Crippen molar-refractivity contribution in [3.63, 3.8) is 0 Å². The molecule has 2 aromatic rings. The van der Waals surface area contributed by atoms with Gasteiger partial charge in [-0.05, 0) is 38.0 Å². The average Bonchev–Trinajstić information content (AvgIpc) is 3.25. The van der Waals surface area contributed by atoms with Crippen molar-refractivity contribution in [3.8, 4) is 5.75 Å². The van der Waals surface area contributed by atoms with Crippen LogP contribution in [0.1, 0.15) is 30.2 Å². The van der Waals surface area contributed by atoms with Gasteiger partial charge >= 0.3 is 0 Å². The first-order chi connectivity index (χ1) is 10.7. The fraction of sp³-hybridized carbons (Fsp3) is 0.438. The highest BCUT2D eigenvalue weighted by molar-refractivity contribution is 9.10. The zero-order valence-electron chi connectivity index (χ0n) is 13.0. The molecule has 1 aliphatic carbocycles. The molecule has 7 heteroatoms. The molecule has 4 nitrogen and oxygen atoms in total. The third-order valence-electron chi connectivity index (χ3n) is 3.69. The molecule has 0 saturated heterocycles. The van der Waals surface area contributed by atoms with E-state index >= 15 is 0 Å². The minimum Gasteiger partial charge on any atom is -0.494 e. The van der Waals surface area contributed by atoms with Gasteiger partial charge in [-0.3, -0.25) is 4.90 Å². The second kappa shape index (κ2) is 8.33. The quantitative estimate of drug-likeness (QED) is 0.720. The number of anilines is 1. The van der Waals surface area contributed by atoms with Crippen LogP contribution in [0.3, 0.4) is 0 Å². The van der Waals surface area contributed by atoms with Gasteiger partial charge in [0, 0.05) is 40.2 Å². The molecule has 1 heterocycles. The summed E-state index contributed by atoms with van der Waals surface area (Å²) in [5, 5.41) is 0.642. The van der Waals surface area contributed by atoms with Crippen LogP contribution in [0.25, 0.3) is 0 Å². The van der Waals surface area contributed by atoms with E-state index in [4.69, 9.17) is 10.5 Å². The third kappa shape index (κ3) is 5.08. The average molecular weight is 419 g/mol. The number of halogens is 2. The molecule has 2 N–H and O–H groups in total. The molecular formula is C16H21BrClN3OS. The monoisotopic (exact) mass is 417 g/mol. The first-order valence-corrected chi connectivity index (χ1v) is 9.12. The third-order valence-corrected chi connectivity index (χ3v) is 4.99. The van der Waals surface area contributed by atoms with Crippen LogP contribution < -0.4 is 10.5 Å². The number of rotatable bonds is 7. The summed E-state index contributed by atoms with van der Waals surface area (Å²) in [6.07, 6.45) is 4.43. The number of nitrogens with two attached hydrogens (primary N) is 1. The molecule has 0 radical (unpaired) electrons. The number of ether oxygens (including phenoxy) is 1. The van der Waals surface area contributed by atoms with Gasteiger partial charge in [0.15, 0.2) is 5.13 Å². The molecule has 3 rings (SSSR count). The Labute approximate surface area is 155 Å². The Hall–Kier alpha value is -0.820. The zero-order chi connectivity index (χ0) is 15.5. The van der Waals surface area contributed by atoms with E-state index in [2.05, 4.69) is 31.9 Å². The number of nitrogen functional groups attached to an aromatic ring is 1. The van der Waals surface area contributed by atoms with Crippen LogP contribution in [0.4, 0.5) is 5.13 Å². The summed E-state index contributed by atoms with van der Waals surface area (Å²) in [4.78, 5) is 7.87. The van der Waals surface area contributed by atoms with Gasteiger partial charge in [0.25, 0.3) is 0 Å². The second-order valence-electron chi connectivity index (χ2n) is 5.49. The molecular weight excluding hydrogens is 398 g/mol. The van der Waals surface area contributed by atoms with E-state index in [-0.39, 0.29) is 12.4 Å². The van der Waals surface area contributed by atoms with E-state index in [1.807, 2.05) is 25.3 Å². The SMILES string of the molecule is CCOc1ccc(Br)cc1CN(Cc1cnc(N)s1)C1CC1.Cl. The summed E-state index contributed by atoms with van der Waals surface area (Å²) in [5.41, 5.74) is 6.97. The van der Waals surface area contributed by atoms with Crippen molar-refractivity contribution < 1.29 is 4.74 Å². The minimum atomic E-state index is 0. The van der Waals surface area contributed by atoms with E-state index in [1.54, 1.807) is 11.3 Å². The number of aromatic nitrogens is 1. The van der Waals surface area contributed by atoms with Gasteiger partial charge in [-0.2, -0.15) is 0 Å². The van der Waals surface area contributed by atoms with Crippen LogP contribution in [0.15, 0.2) is 28.9 Å². The number of benzene rings is 1. The van der Waals surface area contributed by atoms with Gasteiger partial charge in [0.2, 0.25) is 0 Å². The smallest absolute Gasteiger partial charge is 0.180 e. The predicted molar refractivity (Wildman–Crippen MR) is 101 cm³/mol. The Bertz CT molecular complexity index is 648. The lowest BCUT2D eigenvalue weighted by Gasteiger charge is -2.22. The molecule has 0 atom stereocenters.